The molecule has 25 heavy (non-hydrogen) atoms. The highest BCUT2D eigenvalue weighted by Crippen LogP contribution is 2.38. The van der Waals surface area contributed by atoms with Crippen LogP contribution in [-0.2, 0) is 11.3 Å². The maximum absolute atomic E-state index is 12.9. The van der Waals surface area contributed by atoms with E-state index < -0.39 is 0 Å². The van der Waals surface area contributed by atoms with Gasteiger partial charge in [0.25, 0.3) is 0 Å². The molecule has 3 heterocycles. The van der Waals surface area contributed by atoms with E-state index in [-0.39, 0.29) is 11.9 Å². The number of ether oxygens (including phenoxy) is 2. The molecule has 1 aromatic heterocycles. The second-order valence-corrected chi connectivity index (χ2v) is 6.73. The van der Waals surface area contributed by atoms with Crippen molar-refractivity contribution in [3.8, 4) is 11.5 Å². The second-order valence-electron chi connectivity index (χ2n) is 6.73. The lowest BCUT2D eigenvalue weighted by atomic mass is 10.0. The summed E-state index contributed by atoms with van der Waals surface area (Å²) in [4.78, 5) is 14.8. The van der Waals surface area contributed by atoms with Gasteiger partial charge in [-0.3, -0.25) is 9.48 Å². The van der Waals surface area contributed by atoms with Gasteiger partial charge in [0.2, 0.25) is 5.91 Å². The van der Waals surface area contributed by atoms with Crippen LogP contribution in [0.2, 0.25) is 0 Å². The summed E-state index contributed by atoms with van der Waals surface area (Å²) in [6.45, 7) is 6.17. The van der Waals surface area contributed by atoms with Gasteiger partial charge in [-0.2, -0.15) is 5.10 Å². The molecule has 1 saturated heterocycles. The smallest absolute Gasteiger partial charge is 0.244 e. The van der Waals surface area contributed by atoms with Crippen molar-refractivity contribution in [2.45, 2.75) is 39.3 Å². The van der Waals surface area contributed by atoms with Crippen LogP contribution in [-0.4, -0.2) is 40.3 Å². The molecule has 0 radical (unpaired) electrons. The number of hydrogen-bond donors (Lipinski definition) is 0. The predicted octanol–water partition coefficient (Wildman–Crippen LogP) is 2.63. The lowest BCUT2D eigenvalue weighted by molar-refractivity contribution is -0.133. The van der Waals surface area contributed by atoms with Gasteiger partial charge in [-0.05, 0) is 50.5 Å². The molecule has 1 aromatic carbocycles. The van der Waals surface area contributed by atoms with Crippen molar-refractivity contribution in [1.82, 2.24) is 14.7 Å². The summed E-state index contributed by atoms with van der Waals surface area (Å²) in [6, 6.07) is 8.11. The number of aryl methyl sites for hydroxylation is 2. The Kier molecular flexibility index (Phi) is 4.11. The van der Waals surface area contributed by atoms with Gasteiger partial charge >= 0.3 is 0 Å². The lowest BCUT2D eigenvalue weighted by Gasteiger charge is -2.27. The van der Waals surface area contributed by atoms with E-state index in [1.807, 2.05) is 43.0 Å². The minimum Gasteiger partial charge on any atom is -0.486 e. The van der Waals surface area contributed by atoms with E-state index in [1.54, 1.807) is 4.68 Å². The number of carbonyl (C=O) groups excluding carboxylic acids is 1. The van der Waals surface area contributed by atoms with E-state index in [4.69, 9.17) is 9.47 Å². The molecule has 4 rings (SSSR count). The summed E-state index contributed by atoms with van der Waals surface area (Å²) in [6.07, 6.45) is 1.99. The third kappa shape index (κ3) is 3.08. The Morgan fingerprint density at radius 2 is 2.00 bits per heavy atom. The highest BCUT2D eigenvalue weighted by Gasteiger charge is 2.31. The van der Waals surface area contributed by atoms with Gasteiger partial charge in [0.15, 0.2) is 11.5 Å². The first kappa shape index (κ1) is 16.0. The number of benzene rings is 1. The summed E-state index contributed by atoms with van der Waals surface area (Å²) in [7, 11) is 0. The Morgan fingerprint density at radius 1 is 1.20 bits per heavy atom. The largest absolute Gasteiger partial charge is 0.486 e. The lowest BCUT2D eigenvalue weighted by Crippen LogP contribution is -2.34. The molecule has 2 aromatic rings. The molecule has 0 unspecified atom stereocenters. The molecule has 6 heteroatoms. The van der Waals surface area contributed by atoms with Crippen molar-refractivity contribution in [3.63, 3.8) is 0 Å². The first-order valence-electron chi connectivity index (χ1n) is 8.82. The van der Waals surface area contributed by atoms with Gasteiger partial charge in [-0.25, -0.2) is 0 Å². The molecule has 2 aliphatic rings. The number of rotatable bonds is 3. The highest BCUT2D eigenvalue weighted by atomic mass is 16.6. The van der Waals surface area contributed by atoms with E-state index in [2.05, 4.69) is 5.10 Å². The van der Waals surface area contributed by atoms with E-state index >= 15 is 0 Å². The normalized spacial score (nSPS) is 19.3. The van der Waals surface area contributed by atoms with E-state index in [9.17, 15) is 4.79 Å². The van der Waals surface area contributed by atoms with Crippen molar-refractivity contribution in [3.05, 3.63) is 41.2 Å². The van der Waals surface area contributed by atoms with Crippen LogP contribution in [0.3, 0.4) is 0 Å². The Hall–Kier alpha value is -2.50. The second kappa shape index (κ2) is 6.43. The van der Waals surface area contributed by atoms with Crippen LogP contribution in [0.5, 0.6) is 11.5 Å². The van der Waals surface area contributed by atoms with Gasteiger partial charge in [0.1, 0.15) is 19.8 Å². The SMILES string of the molecule is Cc1cc(C)n(CC(=O)N2CCC[C@@H]2c2ccc3c(c2)OCCO3)n1. The molecular formula is C19H23N3O3. The summed E-state index contributed by atoms with van der Waals surface area (Å²) in [5.41, 5.74) is 3.07. The van der Waals surface area contributed by atoms with Crippen LogP contribution in [0, 0.1) is 13.8 Å². The fraction of sp³-hybridized carbons (Fsp3) is 0.474. The van der Waals surface area contributed by atoms with Crippen LogP contribution in [0.25, 0.3) is 0 Å². The first-order valence-corrected chi connectivity index (χ1v) is 8.82. The molecule has 0 spiro atoms. The standard InChI is InChI=1S/C19H23N3O3/c1-13-10-14(2)22(20-13)12-19(23)21-7-3-4-16(21)15-5-6-17-18(11-15)25-9-8-24-17/h5-6,10-11,16H,3-4,7-9,12H2,1-2H3/t16-/m1/s1. The van der Waals surface area contributed by atoms with Crippen LogP contribution in [0.15, 0.2) is 24.3 Å². The molecule has 0 aliphatic carbocycles. The van der Waals surface area contributed by atoms with E-state index in [0.29, 0.717) is 19.8 Å². The van der Waals surface area contributed by atoms with Crippen molar-refractivity contribution in [2.75, 3.05) is 19.8 Å². The topological polar surface area (TPSA) is 56.6 Å². The van der Waals surface area contributed by atoms with Crippen molar-refractivity contribution in [2.24, 2.45) is 0 Å². The predicted molar refractivity (Wildman–Crippen MR) is 92.8 cm³/mol. The van der Waals surface area contributed by atoms with Gasteiger partial charge in [-0.1, -0.05) is 6.07 Å². The maximum atomic E-state index is 12.9. The maximum Gasteiger partial charge on any atom is 0.244 e. The average Bonchev–Trinajstić information content (AvgIpc) is 3.21. The number of likely N-dealkylation sites (tertiary alicyclic amines) is 1. The molecule has 0 bridgehead atoms. The molecule has 1 atom stereocenters. The summed E-state index contributed by atoms with van der Waals surface area (Å²) in [5, 5.41) is 4.41. The van der Waals surface area contributed by atoms with E-state index in [0.717, 1.165) is 47.8 Å². The number of fused-ring (bicyclic) bond motifs is 1. The average molecular weight is 341 g/mol. The zero-order valence-corrected chi connectivity index (χ0v) is 14.7. The molecule has 1 amide bonds. The third-order valence-electron chi connectivity index (χ3n) is 4.91. The molecular weight excluding hydrogens is 318 g/mol. The minimum atomic E-state index is 0.0975. The van der Waals surface area contributed by atoms with Gasteiger partial charge in [0, 0.05) is 12.2 Å². The zero-order valence-electron chi connectivity index (χ0n) is 14.7. The third-order valence-corrected chi connectivity index (χ3v) is 4.91. The van der Waals surface area contributed by atoms with Crippen LogP contribution in [0.4, 0.5) is 0 Å². The fourth-order valence-corrected chi connectivity index (χ4v) is 3.73. The zero-order chi connectivity index (χ0) is 17.4. The monoisotopic (exact) mass is 341 g/mol. The Labute approximate surface area is 147 Å². The van der Waals surface area contributed by atoms with Crippen molar-refractivity contribution < 1.29 is 14.3 Å². The highest BCUT2D eigenvalue weighted by molar-refractivity contribution is 5.77. The number of carbonyl (C=O) groups is 1. The Bertz CT molecular complexity index is 799. The van der Waals surface area contributed by atoms with Gasteiger partial charge in [0.05, 0.1) is 11.7 Å². The number of hydrogen-bond acceptors (Lipinski definition) is 4. The van der Waals surface area contributed by atoms with Crippen molar-refractivity contribution >= 4 is 5.91 Å². The fourth-order valence-electron chi connectivity index (χ4n) is 3.73. The van der Waals surface area contributed by atoms with Gasteiger partial charge in [-0.15, -0.1) is 0 Å². The van der Waals surface area contributed by atoms with Crippen molar-refractivity contribution in [1.29, 1.82) is 0 Å². The molecule has 1 fully saturated rings. The van der Waals surface area contributed by atoms with Crippen LogP contribution < -0.4 is 9.47 Å². The molecule has 6 nitrogen and oxygen atoms in total. The summed E-state index contributed by atoms with van der Waals surface area (Å²) in [5.74, 6) is 1.68. The van der Waals surface area contributed by atoms with Gasteiger partial charge < -0.3 is 14.4 Å². The summed E-state index contributed by atoms with van der Waals surface area (Å²) < 4.78 is 13.1. The molecule has 0 N–H and O–H groups in total. The quantitative estimate of drug-likeness (QED) is 0.861. The number of nitrogens with zero attached hydrogens (tertiary/aromatic N) is 3. The Morgan fingerprint density at radius 3 is 2.76 bits per heavy atom. The number of aromatic nitrogens is 2. The minimum absolute atomic E-state index is 0.0975. The van der Waals surface area contributed by atoms with Crippen LogP contribution in [0.1, 0.15) is 35.8 Å². The van der Waals surface area contributed by atoms with E-state index in [1.165, 1.54) is 0 Å². The first-order chi connectivity index (χ1) is 12.1. The molecule has 132 valence electrons. The Balaban J connectivity index is 1.54. The number of amides is 1. The molecule has 0 saturated carbocycles. The summed E-state index contributed by atoms with van der Waals surface area (Å²) >= 11 is 0. The molecule has 2 aliphatic heterocycles. The van der Waals surface area contributed by atoms with Crippen LogP contribution >= 0.6 is 0 Å².